The van der Waals surface area contributed by atoms with Crippen molar-refractivity contribution < 1.29 is 23.9 Å². The van der Waals surface area contributed by atoms with Gasteiger partial charge in [-0.1, -0.05) is 59.6 Å². The number of anilines is 1. The van der Waals surface area contributed by atoms with E-state index in [0.29, 0.717) is 23.7 Å². The molecule has 0 saturated carbocycles. The molecule has 34 heavy (non-hydrogen) atoms. The Bertz CT molecular complexity index is 1320. The lowest BCUT2D eigenvalue weighted by Crippen LogP contribution is -2.54. The molecule has 1 saturated heterocycles. The maximum absolute atomic E-state index is 13.1. The summed E-state index contributed by atoms with van der Waals surface area (Å²) in [6, 6.07) is 18.5. The third-order valence-electron chi connectivity index (χ3n) is 5.17. The molecule has 1 aliphatic rings. The van der Waals surface area contributed by atoms with Gasteiger partial charge in [-0.15, -0.1) is 0 Å². The fourth-order valence-electron chi connectivity index (χ4n) is 3.53. The molecule has 1 N–H and O–H groups in total. The van der Waals surface area contributed by atoms with E-state index in [-0.39, 0.29) is 16.3 Å². The van der Waals surface area contributed by atoms with Crippen LogP contribution in [0.15, 0.2) is 72.3 Å². The van der Waals surface area contributed by atoms with Gasteiger partial charge >= 0.3 is 6.03 Å². The van der Waals surface area contributed by atoms with Crippen molar-refractivity contribution in [3.05, 3.63) is 94.0 Å². The Morgan fingerprint density at radius 3 is 2.50 bits per heavy atom. The summed E-state index contributed by atoms with van der Waals surface area (Å²) in [6.45, 7) is 2.36. The molecule has 3 aromatic rings. The van der Waals surface area contributed by atoms with E-state index < -0.39 is 17.8 Å². The number of para-hydroxylation sites is 1. The van der Waals surface area contributed by atoms with Gasteiger partial charge in [-0.2, -0.15) is 0 Å². The number of benzene rings is 3. The van der Waals surface area contributed by atoms with Crippen LogP contribution in [0.1, 0.15) is 16.7 Å². The lowest BCUT2D eigenvalue weighted by Gasteiger charge is -2.27. The SMILES string of the molecule is COc1cc(/C=C2\C(=O)NC(=O)N(c3ccccc3Cl)C2=O)ccc1OCc1cccc(C)c1. The molecule has 0 aliphatic carbocycles. The third-order valence-corrected chi connectivity index (χ3v) is 5.49. The van der Waals surface area contributed by atoms with Gasteiger partial charge in [-0.25, -0.2) is 9.69 Å². The Balaban J connectivity index is 1.60. The normalized spacial score (nSPS) is 14.9. The van der Waals surface area contributed by atoms with E-state index >= 15 is 0 Å². The number of imide groups is 2. The second kappa shape index (κ2) is 9.80. The number of nitrogens with one attached hydrogen (secondary N) is 1. The number of carbonyl (C=O) groups excluding carboxylic acids is 3. The maximum Gasteiger partial charge on any atom is 0.335 e. The Labute approximate surface area is 201 Å². The molecule has 3 aromatic carbocycles. The molecular weight excluding hydrogens is 456 g/mol. The second-order valence-electron chi connectivity index (χ2n) is 7.60. The molecule has 4 amide bonds. The van der Waals surface area contributed by atoms with Gasteiger partial charge in [0.2, 0.25) is 0 Å². The minimum absolute atomic E-state index is 0.183. The summed E-state index contributed by atoms with van der Waals surface area (Å²) in [5.41, 5.74) is 2.64. The largest absolute Gasteiger partial charge is 0.493 e. The van der Waals surface area contributed by atoms with E-state index in [9.17, 15) is 14.4 Å². The van der Waals surface area contributed by atoms with E-state index in [1.54, 1.807) is 36.4 Å². The first-order valence-electron chi connectivity index (χ1n) is 10.4. The molecule has 172 valence electrons. The first-order valence-corrected chi connectivity index (χ1v) is 10.8. The monoisotopic (exact) mass is 476 g/mol. The molecule has 8 heteroatoms. The average Bonchev–Trinajstić information content (AvgIpc) is 2.82. The molecule has 1 aliphatic heterocycles. The topological polar surface area (TPSA) is 84.9 Å². The van der Waals surface area contributed by atoms with Crippen molar-refractivity contribution in [3.63, 3.8) is 0 Å². The highest BCUT2D eigenvalue weighted by molar-refractivity contribution is 6.42. The van der Waals surface area contributed by atoms with Crippen LogP contribution in [0.25, 0.3) is 6.08 Å². The van der Waals surface area contributed by atoms with E-state index in [4.69, 9.17) is 21.1 Å². The lowest BCUT2D eigenvalue weighted by atomic mass is 10.1. The van der Waals surface area contributed by atoms with Crippen LogP contribution >= 0.6 is 11.6 Å². The molecule has 1 heterocycles. The molecule has 7 nitrogen and oxygen atoms in total. The van der Waals surface area contributed by atoms with Crippen molar-refractivity contribution in [2.24, 2.45) is 0 Å². The van der Waals surface area contributed by atoms with Crippen LogP contribution in [0.4, 0.5) is 10.5 Å². The van der Waals surface area contributed by atoms with E-state index in [2.05, 4.69) is 5.32 Å². The number of rotatable bonds is 6. The van der Waals surface area contributed by atoms with Gasteiger partial charge in [0.05, 0.1) is 17.8 Å². The number of nitrogens with zero attached hydrogens (tertiary/aromatic N) is 1. The van der Waals surface area contributed by atoms with Crippen LogP contribution in [0.5, 0.6) is 11.5 Å². The molecule has 0 atom stereocenters. The minimum atomic E-state index is -0.863. The predicted molar refractivity (Wildman–Crippen MR) is 129 cm³/mol. The average molecular weight is 477 g/mol. The number of hydrogen-bond acceptors (Lipinski definition) is 5. The lowest BCUT2D eigenvalue weighted by molar-refractivity contribution is -0.122. The smallest absolute Gasteiger partial charge is 0.335 e. The molecule has 4 rings (SSSR count). The zero-order valence-electron chi connectivity index (χ0n) is 18.5. The molecule has 0 radical (unpaired) electrons. The zero-order valence-corrected chi connectivity index (χ0v) is 19.3. The zero-order chi connectivity index (χ0) is 24.2. The fraction of sp³-hybridized carbons (Fsp3) is 0.115. The molecule has 0 bridgehead atoms. The molecule has 0 spiro atoms. The first-order chi connectivity index (χ1) is 16.4. The van der Waals surface area contributed by atoms with Crippen molar-refractivity contribution >= 4 is 41.2 Å². The van der Waals surface area contributed by atoms with Crippen molar-refractivity contribution in [2.75, 3.05) is 12.0 Å². The Morgan fingerprint density at radius 2 is 1.76 bits per heavy atom. The fourth-order valence-corrected chi connectivity index (χ4v) is 3.75. The van der Waals surface area contributed by atoms with Gasteiger partial charge in [0, 0.05) is 0 Å². The molecule has 1 fully saturated rings. The Hall–Kier alpha value is -4.10. The van der Waals surface area contributed by atoms with Gasteiger partial charge in [0.1, 0.15) is 12.2 Å². The number of amides is 4. The van der Waals surface area contributed by atoms with Crippen molar-refractivity contribution in [3.8, 4) is 11.5 Å². The summed E-state index contributed by atoms with van der Waals surface area (Å²) < 4.78 is 11.3. The maximum atomic E-state index is 13.1. The number of methoxy groups -OCH3 is 1. The molecule has 0 aromatic heterocycles. The van der Waals surface area contributed by atoms with Crippen LogP contribution in [0.3, 0.4) is 0 Å². The molecular formula is C26H21ClN2O5. The summed E-state index contributed by atoms with van der Waals surface area (Å²) in [7, 11) is 1.50. The van der Waals surface area contributed by atoms with Crippen LogP contribution in [-0.2, 0) is 16.2 Å². The Kier molecular flexibility index (Phi) is 6.65. The molecule has 0 unspecified atom stereocenters. The van der Waals surface area contributed by atoms with E-state index in [1.165, 1.54) is 19.3 Å². The van der Waals surface area contributed by atoms with Crippen LogP contribution in [-0.4, -0.2) is 25.0 Å². The summed E-state index contributed by atoms with van der Waals surface area (Å²) in [6.07, 6.45) is 1.39. The summed E-state index contributed by atoms with van der Waals surface area (Å²) in [5.74, 6) is -0.624. The van der Waals surface area contributed by atoms with Crippen LogP contribution in [0, 0.1) is 6.92 Å². The third kappa shape index (κ3) is 4.79. The number of ether oxygens (including phenoxy) is 2. The van der Waals surface area contributed by atoms with Gasteiger partial charge < -0.3 is 9.47 Å². The Morgan fingerprint density at radius 1 is 0.971 bits per heavy atom. The first kappa shape index (κ1) is 23.1. The second-order valence-corrected chi connectivity index (χ2v) is 8.00. The van der Waals surface area contributed by atoms with Gasteiger partial charge in [-0.05, 0) is 48.4 Å². The summed E-state index contributed by atoms with van der Waals surface area (Å²) in [5, 5.41) is 2.39. The van der Waals surface area contributed by atoms with E-state index in [1.807, 2.05) is 31.2 Å². The van der Waals surface area contributed by atoms with Gasteiger partial charge in [-0.3, -0.25) is 14.9 Å². The number of halogens is 1. The minimum Gasteiger partial charge on any atom is -0.493 e. The quantitative estimate of drug-likeness (QED) is 0.404. The highest BCUT2D eigenvalue weighted by Crippen LogP contribution is 2.32. The summed E-state index contributed by atoms with van der Waals surface area (Å²) in [4.78, 5) is 38.7. The standard InChI is InChI=1S/C26H21ClN2O5/c1-16-6-5-7-18(12-16)15-34-22-11-10-17(14-23(22)33-2)13-19-24(30)28-26(32)29(25(19)31)21-9-4-3-8-20(21)27/h3-14H,15H2,1-2H3,(H,28,30,32)/b19-13+. The van der Waals surface area contributed by atoms with Crippen LogP contribution in [0.2, 0.25) is 5.02 Å². The van der Waals surface area contributed by atoms with Gasteiger partial charge in [0.15, 0.2) is 11.5 Å². The number of carbonyl (C=O) groups is 3. The number of hydrogen-bond donors (Lipinski definition) is 1. The van der Waals surface area contributed by atoms with Crippen molar-refractivity contribution in [1.82, 2.24) is 5.32 Å². The van der Waals surface area contributed by atoms with E-state index in [0.717, 1.165) is 16.0 Å². The number of barbiturate groups is 1. The highest BCUT2D eigenvalue weighted by Gasteiger charge is 2.37. The van der Waals surface area contributed by atoms with Crippen molar-refractivity contribution in [1.29, 1.82) is 0 Å². The number of aryl methyl sites for hydroxylation is 1. The number of urea groups is 1. The van der Waals surface area contributed by atoms with Crippen molar-refractivity contribution in [2.45, 2.75) is 13.5 Å². The van der Waals surface area contributed by atoms with Gasteiger partial charge in [0.25, 0.3) is 11.8 Å². The summed E-state index contributed by atoms with van der Waals surface area (Å²) >= 11 is 6.16. The highest BCUT2D eigenvalue weighted by atomic mass is 35.5. The predicted octanol–water partition coefficient (Wildman–Crippen LogP) is 4.90. The van der Waals surface area contributed by atoms with Crippen LogP contribution < -0.4 is 19.7 Å².